The van der Waals surface area contributed by atoms with Crippen LogP contribution in [0, 0.1) is 3.95 Å². The molecule has 0 unspecified atom stereocenters. The minimum atomic E-state index is 0.624. The van der Waals surface area contributed by atoms with Gasteiger partial charge in [0.25, 0.3) is 0 Å². The van der Waals surface area contributed by atoms with Crippen molar-refractivity contribution >= 4 is 28.7 Å². The highest BCUT2D eigenvalue weighted by molar-refractivity contribution is 7.73. The van der Waals surface area contributed by atoms with Gasteiger partial charge in [0.05, 0.1) is 12.2 Å². The molecule has 72 valence electrons. The monoisotopic (exact) mass is 225 g/mol. The highest BCUT2D eigenvalue weighted by atomic mass is 32.1. The molecule has 0 aromatic carbocycles. The van der Waals surface area contributed by atoms with Crippen LogP contribution in [0.1, 0.15) is 5.69 Å². The second kappa shape index (κ2) is 4.25. The lowest BCUT2D eigenvalue weighted by Gasteiger charge is -1.99. The molecule has 0 aliphatic rings. The van der Waals surface area contributed by atoms with Crippen molar-refractivity contribution in [1.29, 1.82) is 0 Å². The fourth-order valence-corrected chi connectivity index (χ4v) is 1.68. The summed E-state index contributed by atoms with van der Waals surface area (Å²) < 4.78 is 0.662. The molecule has 0 radical (unpaired) electrons. The quantitative estimate of drug-likeness (QED) is 0.777. The minimum absolute atomic E-state index is 0.624. The third kappa shape index (κ3) is 2.33. The summed E-state index contributed by atoms with van der Waals surface area (Å²) in [4.78, 5) is 7.90. The van der Waals surface area contributed by atoms with E-state index in [9.17, 15) is 0 Å². The standard InChI is InChI=1S/C7H7N5S2/c13-7-12-11-6(14-7)9-3-5-1-2-8-4-10-5/h1-2,4H,3H2,(H,9,11)(H,12,13). The molecule has 5 nitrogen and oxygen atoms in total. The van der Waals surface area contributed by atoms with E-state index in [1.165, 1.54) is 17.7 Å². The van der Waals surface area contributed by atoms with Gasteiger partial charge in [-0.2, -0.15) is 0 Å². The first kappa shape index (κ1) is 9.22. The largest absolute Gasteiger partial charge is 0.354 e. The van der Waals surface area contributed by atoms with Crippen molar-refractivity contribution in [2.24, 2.45) is 0 Å². The van der Waals surface area contributed by atoms with E-state index in [4.69, 9.17) is 12.2 Å². The zero-order valence-electron chi connectivity index (χ0n) is 7.10. The molecule has 0 aliphatic carbocycles. The Balaban J connectivity index is 1.98. The Morgan fingerprint density at radius 2 is 2.50 bits per heavy atom. The predicted octanol–water partition coefficient (Wildman–Crippen LogP) is 1.60. The SMILES string of the molecule is S=c1[nH]nc(NCc2ccncn2)s1. The van der Waals surface area contributed by atoms with Crippen LogP contribution >= 0.6 is 23.6 Å². The van der Waals surface area contributed by atoms with Crippen LogP contribution in [0.5, 0.6) is 0 Å². The van der Waals surface area contributed by atoms with Gasteiger partial charge in [-0.15, -0.1) is 5.10 Å². The second-order valence-electron chi connectivity index (χ2n) is 2.47. The molecular weight excluding hydrogens is 218 g/mol. The van der Waals surface area contributed by atoms with Gasteiger partial charge in [-0.05, 0) is 18.3 Å². The highest BCUT2D eigenvalue weighted by Crippen LogP contribution is 2.11. The summed E-state index contributed by atoms with van der Waals surface area (Å²) in [6.07, 6.45) is 3.22. The van der Waals surface area contributed by atoms with Crippen LogP contribution in [0.3, 0.4) is 0 Å². The Labute approximate surface area is 89.2 Å². The van der Waals surface area contributed by atoms with Crippen molar-refractivity contribution in [3.63, 3.8) is 0 Å². The summed E-state index contributed by atoms with van der Waals surface area (Å²) in [5.41, 5.74) is 0.918. The van der Waals surface area contributed by atoms with E-state index in [1.807, 2.05) is 6.07 Å². The Kier molecular flexibility index (Phi) is 2.80. The summed E-state index contributed by atoms with van der Waals surface area (Å²) in [5.74, 6) is 0. The van der Waals surface area contributed by atoms with Gasteiger partial charge in [-0.25, -0.2) is 9.97 Å². The Hall–Kier alpha value is -1.34. The highest BCUT2D eigenvalue weighted by Gasteiger charge is 1.97. The summed E-state index contributed by atoms with van der Waals surface area (Å²) in [5, 5.41) is 10.5. The van der Waals surface area contributed by atoms with Crippen molar-refractivity contribution in [3.8, 4) is 0 Å². The summed E-state index contributed by atoms with van der Waals surface area (Å²) in [6.45, 7) is 0.624. The molecule has 7 heteroatoms. The van der Waals surface area contributed by atoms with Crippen LogP contribution in [0.4, 0.5) is 5.13 Å². The molecule has 0 fully saturated rings. The molecule has 0 amide bonds. The van der Waals surface area contributed by atoms with Crippen molar-refractivity contribution in [2.75, 3.05) is 5.32 Å². The van der Waals surface area contributed by atoms with Crippen molar-refractivity contribution in [3.05, 3.63) is 28.2 Å². The smallest absolute Gasteiger partial charge is 0.204 e. The lowest BCUT2D eigenvalue weighted by molar-refractivity contribution is 0.986. The van der Waals surface area contributed by atoms with Crippen LogP contribution in [0.15, 0.2) is 18.6 Å². The summed E-state index contributed by atoms with van der Waals surface area (Å²) >= 11 is 6.30. The molecule has 0 spiro atoms. The maximum absolute atomic E-state index is 4.90. The lowest BCUT2D eigenvalue weighted by atomic mass is 10.4. The molecular formula is C7H7N5S2. The number of hydrogen-bond acceptors (Lipinski definition) is 6. The molecule has 0 bridgehead atoms. The zero-order valence-corrected chi connectivity index (χ0v) is 8.73. The molecule has 0 aliphatic heterocycles. The van der Waals surface area contributed by atoms with Crippen molar-refractivity contribution in [2.45, 2.75) is 6.54 Å². The zero-order chi connectivity index (χ0) is 9.80. The van der Waals surface area contributed by atoms with E-state index in [0.717, 1.165) is 10.8 Å². The van der Waals surface area contributed by atoms with E-state index in [1.54, 1.807) is 6.20 Å². The van der Waals surface area contributed by atoms with Crippen molar-refractivity contribution < 1.29 is 0 Å². The van der Waals surface area contributed by atoms with Gasteiger partial charge in [0, 0.05) is 6.20 Å². The number of rotatable bonds is 3. The Morgan fingerprint density at radius 3 is 3.14 bits per heavy atom. The third-order valence-corrected chi connectivity index (χ3v) is 2.55. The van der Waals surface area contributed by atoms with Gasteiger partial charge in [-0.1, -0.05) is 11.3 Å². The minimum Gasteiger partial charge on any atom is -0.354 e. The van der Waals surface area contributed by atoms with Gasteiger partial charge in [-0.3, -0.25) is 5.10 Å². The predicted molar refractivity (Wildman–Crippen MR) is 56.7 cm³/mol. The molecule has 2 heterocycles. The van der Waals surface area contributed by atoms with Crippen LogP contribution in [0.25, 0.3) is 0 Å². The Bertz CT molecular complexity index is 448. The number of aromatic nitrogens is 4. The molecule has 2 rings (SSSR count). The van der Waals surface area contributed by atoms with Crippen LogP contribution in [0.2, 0.25) is 0 Å². The second-order valence-corrected chi connectivity index (χ2v) is 4.14. The van der Waals surface area contributed by atoms with Crippen LogP contribution in [-0.2, 0) is 6.54 Å². The van der Waals surface area contributed by atoms with Gasteiger partial charge < -0.3 is 5.32 Å². The average molecular weight is 225 g/mol. The first-order chi connectivity index (χ1) is 6.84. The first-order valence-corrected chi connectivity index (χ1v) is 5.11. The number of hydrogen-bond donors (Lipinski definition) is 2. The summed E-state index contributed by atoms with van der Waals surface area (Å²) in [6, 6.07) is 1.85. The molecule has 0 saturated heterocycles. The maximum Gasteiger partial charge on any atom is 0.204 e. The fraction of sp³-hybridized carbons (Fsp3) is 0.143. The lowest BCUT2D eigenvalue weighted by Crippen LogP contribution is -2.00. The molecule has 0 saturated carbocycles. The van der Waals surface area contributed by atoms with Gasteiger partial charge in [0.15, 0.2) is 3.95 Å². The average Bonchev–Trinajstić information content (AvgIpc) is 2.63. The van der Waals surface area contributed by atoms with Crippen molar-refractivity contribution in [1.82, 2.24) is 20.2 Å². The number of nitrogens with one attached hydrogen (secondary N) is 2. The van der Waals surface area contributed by atoms with Crippen LogP contribution < -0.4 is 5.32 Å². The number of aromatic amines is 1. The molecule has 2 N–H and O–H groups in total. The van der Waals surface area contributed by atoms with E-state index in [2.05, 4.69) is 25.5 Å². The number of anilines is 1. The maximum atomic E-state index is 4.90. The number of nitrogens with zero attached hydrogens (tertiary/aromatic N) is 3. The van der Waals surface area contributed by atoms with Gasteiger partial charge in [0.2, 0.25) is 5.13 Å². The fourth-order valence-electron chi connectivity index (χ4n) is 0.894. The molecule has 2 aromatic rings. The van der Waals surface area contributed by atoms with E-state index in [-0.39, 0.29) is 0 Å². The van der Waals surface area contributed by atoms with E-state index in [0.29, 0.717) is 10.5 Å². The third-order valence-electron chi connectivity index (χ3n) is 1.50. The first-order valence-electron chi connectivity index (χ1n) is 3.89. The van der Waals surface area contributed by atoms with Gasteiger partial charge >= 0.3 is 0 Å². The van der Waals surface area contributed by atoms with Gasteiger partial charge in [0.1, 0.15) is 6.33 Å². The Morgan fingerprint density at radius 1 is 1.57 bits per heavy atom. The normalized spacial score (nSPS) is 10.0. The molecule has 0 atom stereocenters. The van der Waals surface area contributed by atoms with Crippen LogP contribution in [-0.4, -0.2) is 20.2 Å². The molecule has 14 heavy (non-hydrogen) atoms. The summed E-state index contributed by atoms with van der Waals surface area (Å²) in [7, 11) is 0. The van der Waals surface area contributed by atoms with E-state index < -0.39 is 0 Å². The van der Waals surface area contributed by atoms with E-state index >= 15 is 0 Å². The number of H-pyrrole nitrogens is 1. The topological polar surface area (TPSA) is 66.5 Å². The molecule has 2 aromatic heterocycles.